The van der Waals surface area contributed by atoms with Gasteiger partial charge >= 0.3 is 5.91 Å². The van der Waals surface area contributed by atoms with Crippen molar-refractivity contribution in [2.24, 2.45) is 0 Å². The Morgan fingerprint density at radius 1 is 0.565 bits per heavy atom. The van der Waals surface area contributed by atoms with Gasteiger partial charge in [0.2, 0.25) is 22.8 Å². The van der Waals surface area contributed by atoms with Crippen LogP contribution in [0.5, 0.6) is 0 Å². The van der Waals surface area contributed by atoms with Crippen molar-refractivity contribution in [3.8, 4) is 0 Å². The van der Waals surface area contributed by atoms with E-state index in [1.807, 2.05) is 0 Å². The van der Waals surface area contributed by atoms with Gasteiger partial charge in [-0.1, -0.05) is 9.13 Å². The second-order valence-corrected chi connectivity index (χ2v) is 6.10. The van der Waals surface area contributed by atoms with Crippen molar-refractivity contribution in [3.05, 3.63) is 84.0 Å². The molecule has 6 heterocycles. The Kier molecular flexibility index (Phi) is 1.79. The maximum absolute atomic E-state index is 2.40. The Bertz CT molecular complexity index is 850. The molecule has 0 N–H and O–H groups in total. The summed E-state index contributed by atoms with van der Waals surface area (Å²) in [4.78, 5) is 4.54. The van der Waals surface area contributed by atoms with Crippen molar-refractivity contribution in [1.29, 1.82) is 0 Å². The molecule has 2 aromatic rings. The van der Waals surface area contributed by atoms with Crippen molar-refractivity contribution in [3.63, 3.8) is 0 Å². The van der Waals surface area contributed by atoms with Gasteiger partial charge in [0.15, 0.2) is 0 Å². The zero-order chi connectivity index (χ0) is 15.0. The first-order chi connectivity index (χ1) is 11.4. The smallest absolute Gasteiger partial charge is 0.213 e. The van der Waals surface area contributed by atoms with Crippen molar-refractivity contribution in [1.82, 2.24) is 9.80 Å². The fraction of sp³-hybridized carbons (Fsp3) is 0.0526. The van der Waals surface area contributed by atoms with Gasteiger partial charge in [0.1, 0.15) is 0 Å². The first-order valence-corrected chi connectivity index (χ1v) is 7.80. The molecule has 4 nitrogen and oxygen atoms in total. The van der Waals surface area contributed by atoms with E-state index in [1.165, 1.54) is 22.8 Å². The molecule has 4 heteroatoms. The van der Waals surface area contributed by atoms with Gasteiger partial charge in [-0.05, 0) is 12.1 Å². The minimum absolute atomic E-state index is 0.454. The predicted octanol–water partition coefficient (Wildman–Crippen LogP) is 1.92. The fourth-order valence-corrected chi connectivity index (χ4v) is 4.12. The lowest BCUT2D eigenvalue weighted by Crippen LogP contribution is -2.89. The Balaban J connectivity index is 1.86. The maximum Gasteiger partial charge on any atom is 0.551 e. The van der Waals surface area contributed by atoms with Gasteiger partial charge in [-0.3, -0.25) is 0 Å². The van der Waals surface area contributed by atoms with Crippen LogP contribution in [0.25, 0.3) is 24.3 Å². The van der Waals surface area contributed by atoms with Crippen LogP contribution in [0.4, 0.5) is 0 Å². The average molecular weight is 298 g/mol. The molecule has 0 atom stereocenters. The molecule has 108 valence electrons. The highest BCUT2D eigenvalue weighted by Crippen LogP contribution is 2.34. The van der Waals surface area contributed by atoms with Crippen LogP contribution in [-0.4, -0.2) is 9.80 Å². The molecule has 0 saturated heterocycles. The number of hydrogen-bond donors (Lipinski definition) is 0. The summed E-state index contributed by atoms with van der Waals surface area (Å²) in [5, 5.41) is 0. The Morgan fingerprint density at radius 3 is 1.26 bits per heavy atom. The van der Waals surface area contributed by atoms with E-state index in [4.69, 9.17) is 0 Å². The van der Waals surface area contributed by atoms with Crippen molar-refractivity contribution >= 4 is 24.3 Å². The average Bonchev–Trinajstić information content (AvgIpc) is 2.61. The molecule has 2 aromatic heterocycles. The molecule has 0 unspecified atom stereocenters. The van der Waals surface area contributed by atoms with Crippen LogP contribution in [0.15, 0.2) is 61.2 Å². The highest BCUT2D eigenvalue weighted by atomic mass is 15.7. The fourth-order valence-electron chi connectivity index (χ4n) is 4.12. The first-order valence-electron chi connectivity index (χ1n) is 7.80. The molecule has 23 heavy (non-hydrogen) atoms. The molecule has 0 saturated carbocycles. The van der Waals surface area contributed by atoms with Gasteiger partial charge < -0.3 is 0 Å². The van der Waals surface area contributed by atoms with Crippen LogP contribution < -0.4 is 9.13 Å². The number of hydrogen-bond acceptors (Lipinski definition) is 2. The van der Waals surface area contributed by atoms with E-state index in [0.717, 1.165) is 0 Å². The van der Waals surface area contributed by atoms with Gasteiger partial charge in [-0.25, -0.2) is 9.80 Å². The van der Waals surface area contributed by atoms with E-state index in [-0.39, 0.29) is 0 Å². The van der Waals surface area contributed by atoms with E-state index >= 15 is 0 Å². The predicted molar refractivity (Wildman–Crippen MR) is 86.5 cm³/mol. The molecular weight excluding hydrogens is 284 g/mol. The van der Waals surface area contributed by atoms with Crippen LogP contribution in [0.3, 0.4) is 0 Å². The number of nitrogens with zero attached hydrogens (tertiary/aromatic N) is 4. The van der Waals surface area contributed by atoms with E-state index in [2.05, 4.69) is 104 Å². The SMILES string of the molecule is C1=CN2C=Cc3cccc4[n+]3C23N(C=Cc2cccc1[n+]23)C=C4. The van der Waals surface area contributed by atoms with Crippen LogP contribution in [0, 0.1) is 0 Å². The lowest BCUT2D eigenvalue weighted by Gasteiger charge is -2.43. The molecular formula is C19H14N4+2. The first kappa shape index (κ1) is 11.4. The Labute approximate surface area is 133 Å². The Hall–Kier alpha value is -3.14. The molecule has 0 fully saturated rings. The van der Waals surface area contributed by atoms with Crippen molar-refractivity contribution < 1.29 is 9.13 Å². The van der Waals surface area contributed by atoms with Gasteiger partial charge in [-0.2, -0.15) is 0 Å². The van der Waals surface area contributed by atoms with Crippen LogP contribution in [0.2, 0.25) is 0 Å². The topological polar surface area (TPSA) is 14.2 Å². The lowest BCUT2D eigenvalue weighted by molar-refractivity contribution is -1.04. The number of pyridine rings is 2. The Morgan fingerprint density at radius 2 is 0.913 bits per heavy atom. The lowest BCUT2D eigenvalue weighted by atomic mass is 10.1. The third kappa shape index (κ3) is 1.13. The zero-order valence-corrected chi connectivity index (χ0v) is 12.4. The largest absolute Gasteiger partial charge is 0.551 e. The summed E-state index contributed by atoms with van der Waals surface area (Å²) in [7, 11) is 0. The minimum Gasteiger partial charge on any atom is -0.213 e. The molecule has 1 spiro atoms. The second-order valence-electron chi connectivity index (χ2n) is 6.10. The van der Waals surface area contributed by atoms with Gasteiger partial charge in [-0.15, -0.1) is 0 Å². The molecule has 4 aliphatic heterocycles. The monoisotopic (exact) mass is 298 g/mol. The summed E-state index contributed by atoms with van der Waals surface area (Å²) >= 11 is 0. The molecule has 0 aromatic carbocycles. The summed E-state index contributed by atoms with van der Waals surface area (Å²) in [6.45, 7) is 0. The van der Waals surface area contributed by atoms with Crippen LogP contribution in [0.1, 0.15) is 22.8 Å². The van der Waals surface area contributed by atoms with Crippen LogP contribution in [-0.2, 0) is 5.91 Å². The third-order valence-electron chi connectivity index (χ3n) is 5.02. The van der Waals surface area contributed by atoms with Crippen LogP contribution >= 0.6 is 0 Å². The van der Waals surface area contributed by atoms with Gasteiger partial charge in [0.05, 0.1) is 0 Å². The normalized spacial score (nSPS) is 19.7. The summed E-state index contributed by atoms with van der Waals surface area (Å²) in [5.41, 5.74) is 4.80. The van der Waals surface area contributed by atoms with Crippen molar-refractivity contribution in [2.45, 2.75) is 5.91 Å². The summed E-state index contributed by atoms with van der Waals surface area (Å²) in [5.74, 6) is -0.454. The third-order valence-corrected chi connectivity index (χ3v) is 5.02. The highest BCUT2D eigenvalue weighted by molar-refractivity contribution is 5.54. The molecule has 0 radical (unpaired) electrons. The van der Waals surface area contributed by atoms with E-state index in [9.17, 15) is 0 Å². The zero-order valence-electron chi connectivity index (χ0n) is 12.4. The molecule has 0 bridgehead atoms. The second kappa shape index (κ2) is 3.60. The molecule has 0 aliphatic carbocycles. The quantitative estimate of drug-likeness (QED) is 0.690. The standard InChI is InChI=1S/C19H14N4/c1-3-15-7-11-20-13-9-17-5-2-6-18-10-14-21-12-8-16(4-1)22(15)19(20,21)23(17)18/h1-14H/q+2. The van der Waals surface area contributed by atoms with Gasteiger partial charge in [0.25, 0.3) is 0 Å². The summed E-state index contributed by atoms with van der Waals surface area (Å²) in [6.07, 6.45) is 17.3. The number of rotatable bonds is 0. The highest BCUT2D eigenvalue weighted by Gasteiger charge is 2.67. The summed E-state index contributed by atoms with van der Waals surface area (Å²) in [6, 6.07) is 12.9. The van der Waals surface area contributed by atoms with Gasteiger partial charge in [0, 0.05) is 73.4 Å². The van der Waals surface area contributed by atoms with E-state index in [0.29, 0.717) is 0 Å². The summed E-state index contributed by atoms with van der Waals surface area (Å²) < 4.78 is 4.79. The molecule has 4 aliphatic rings. The maximum atomic E-state index is 2.40. The molecule has 6 rings (SSSR count). The van der Waals surface area contributed by atoms with E-state index in [1.54, 1.807) is 0 Å². The number of aromatic nitrogens is 2. The van der Waals surface area contributed by atoms with Crippen molar-refractivity contribution in [2.75, 3.05) is 0 Å². The van der Waals surface area contributed by atoms with E-state index < -0.39 is 5.91 Å². The minimum atomic E-state index is -0.454. The molecule has 0 amide bonds.